The van der Waals surface area contributed by atoms with Gasteiger partial charge in [0.25, 0.3) is 5.91 Å². The number of hydrogen-bond donors (Lipinski definition) is 3. The van der Waals surface area contributed by atoms with E-state index in [0.717, 1.165) is 0 Å². The molecule has 0 atom stereocenters. The summed E-state index contributed by atoms with van der Waals surface area (Å²) < 4.78 is 20.1. The quantitative estimate of drug-likeness (QED) is 0.494. The van der Waals surface area contributed by atoms with E-state index < -0.39 is 11.7 Å². The Hall–Kier alpha value is -3.31. The van der Waals surface area contributed by atoms with Crippen molar-refractivity contribution in [3.05, 3.63) is 40.8 Å². The number of likely N-dealkylation sites (tertiary alicyclic amines) is 1. The molecule has 5 N–H and O–H groups in total. The van der Waals surface area contributed by atoms with Crippen LogP contribution in [0.2, 0.25) is 0 Å². The number of nitrogens with zero attached hydrogens (tertiary/aromatic N) is 3. The van der Waals surface area contributed by atoms with E-state index in [-0.39, 0.29) is 18.6 Å². The summed E-state index contributed by atoms with van der Waals surface area (Å²) in [5.74, 6) is -0.477. The predicted molar refractivity (Wildman–Crippen MR) is 120 cm³/mol. The monoisotopic (exact) mass is 458 g/mol. The molecule has 0 bridgehead atoms. The molecule has 11 heteroatoms. The smallest absolute Gasteiger partial charge is 0.259 e. The van der Waals surface area contributed by atoms with Gasteiger partial charge in [-0.1, -0.05) is 0 Å². The summed E-state index contributed by atoms with van der Waals surface area (Å²) >= 11 is 1.20. The third kappa shape index (κ3) is 4.63. The first kappa shape index (κ1) is 21.9. The highest BCUT2D eigenvalue weighted by Crippen LogP contribution is 2.36. The zero-order valence-corrected chi connectivity index (χ0v) is 18.2. The fourth-order valence-electron chi connectivity index (χ4n) is 3.81. The van der Waals surface area contributed by atoms with Crippen LogP contribution in [0.25, 0.3) is 10.2 Å². The second-order valence-electron chi connectivity index (χ2n) is 7.65. The van der Waals surface area contributed by atoms with Crippen LogP contribution in [0.5, 0.6) is 5.75 Å². The lowest BCUT2D eigenvalue weighted by atomic mass is 10.1. The number of nitrogens with one attached hydrogen (secondary N) is 1. The minimum Gasteiger partial charge on any atom is -0.488 e. The van der Waals surface area contributed by atoms with Crippen molar-refractivity contribution in [3.8, 4) is 5.75 Å². The third-order valence-corrected chi connectivity index (χ3v) is 6.57. The molecule has 3 heterocycles. The number of thiophene rings is 1. The number of hydrogen-bond acceptors (Lipinski definition) is 8. The van der Waals surface area contributed by atoms with Crippen molar-refractivity contribution in [1.82, 2.24) is 14.9 Å². The SMILES string of the molecule is Cc1c(C(N)=O)sc2ncnc(Nc3ccc(F)cc3OC3CCN(CC(N)=O)CC3)c12. The standard InChI is InChI=1S/C21H23FN6O3S/c1-11-17-20(25-10-26-21(17)32-18(11)19(24)30)27-14-3-2-12(22)8-15(14)31-13-4-6-28(7-5-13)9-16(23)29/h2-3,8,10,13H,4-7,9H2,1H3,(H2,23,29)(H2,24,30)(H,25,26,27). The van der Waals surface area contributed by atoms with Gasteiger partial charge < -0.3 is 21.5 Å². The maximum absolute atomic E-state index is 14.0. The summed E-state index contributed by atoms with van der Waals surface area (Å²) in [4.78, 5) is 34.4. The van der Waals surface area contributed by atoms with Gasteiger partial charge >= 0.3 is 0 Å². The van der Waals surface area contributed by atoms with Gasteiger partial charge in [-0.25, -0.2) is 14.4 Å². The Balaban J connectivity index is 1.57. The Labute approximate surface area is 187 Å². The Kier molecular flexibility index (Phi) is 6.19. The molecule has 1 fully saturated rings. The predicted octanol–water partition coefficient (Wildman–Crippen LogP) is 2.31. The molecule has 0 saturated carbocycles. The van der Waals surface area contributed by atoms with Crippen molar-refractivity contribution in [3.63, 3.8) is 0 Å². The zero-order chi connectivity index (χ0) is 22.8. The molecule has 32 heavy (non-hydrogen) atoms. The van der Waals surface area contributed by atoms with Crippen LogP contribution in [0.15, 0.2) is 24.5 Å². The summed E-state index contributed by atoms with van der Waals surface area (Å²) in [6.45, 7) is 3.34. The van der Waals surface area contributed by atoms with Crippen molar-refractivity contribution in [2.75, 3.05) is 25.0 Å². The van der Waals surface area contributed by atoms with E-state index in [1.807, 2.05) is 4.90 Å². The Morgan fingerprint density at radius 2 is 2.03 bits per heavy atom. The number of carbonyl (C=O) groups is 2. The molecule has 0 radical (unpaired) electrons. The average Bonchev–Trinajstić information content (AvgIpc) is 3.09. The van der Waals surface area contributed by atoms with E-state index in [0.29, 0.717) is 63.8 Å². The minimum atomic E-state index is -0.523. The number of halogens is 1. The largest absolute Gasteiger partial charge is 0.488 e. The molecule has 3 aromatic rings. The molecule has 1 aliphatic heterocycles. The van der Waals surface area contributed by atoms with Crippen LogP contribution in [0.1, 0.15) is 28.1 Å². The normalized spacial score (nSPS) is 15.1. The number of primary amides is 2. The highest BCUT2D eigenvalue weighted by molar-refractivity contribution is 7.20. The second-order valence-corrected chi connectivity index (χ2v) is 8.65. The van der Waals surface area contributed by atoms with E-state index in [2.05, 4.69) is 15.3 Å². The second kappa shape index (κ2) is 9.05. The van der Waals surface area contributed by atoms with Gasteiger partial charge in [0, 0.05) is 19.2 Å². The van der Waals surface area contributed by atoms with Crippen LogP contribution >= 0.6 is 11.3 Å². The summed E-state index contributed by atoms with van der Waals surface area (Å²) in [5.41, 5.74) is 12.0. The number of benzene rings is 1. The van der Waals surface area contributed by atoms with Crippen molar-refractivity contribution in [1.29, 1.82) is 0 Å². The van der Waals surface area contributed by atoms with Gasteiger partial charge in [-0.2, -0.15) is 0 Å². The molecule has 9 nitrogen and oxygen atoms in total. The highest BCUT2D eigenvalue weighted by atomic mass is 32.1. The Bertz CT molecular complexity index is 1180. The van der Waals surface area contributed by atoms with Gasteiger partial charge in [0.1, 0.15) is 34.6 Å². The number of rotatable bonds is 7. The molecule has 1 aliphatic rings. The van der Waals surface area contributed by atoms with Crippen molar-refractivity contribution in [2.45, 2.75) is 25.9 Å². The highest BCUT2D eigenvalue weighted by Gasteiger charge is 2.23. The first-order valence-corrected chi connectivity index (χ1v) is 10.9. The molecule has 1 saturated heterocycles. The number of amides is 2. The first-order chi connectivity index (χ1) is 15.3. The van der Waals surface area contributed by atoms with E-state index in [1.165, 1.54) is 29.8 Å². The number of piperidine rings is 1. The molecular formula is C21H23FN6O3S. The molecule has 0 aliphatic carbocycles. The van der Waals surface area contributed by atoms with E-state index >= 15 is 0 Å². The molecule has 168 valence electrons. The van der Waals surface area contributed by atoms with Crippen LogP contribution in [0.3, 0.4) is 0 Å². The summed E-state index contributed by atoms with van der Waals surface area (Å²) in [5, 5.41) is 3.88. The third-order valence-electron chi connectivity index (χ3n) is 5.36. The molecule has 4 rings (SSSR count). The molecular weight excluding hydrogens is 435 g/mol. The molecule has 0 unspecified atom stereocenters. The molecule has 0 spiro atoms. The van der Waals surface area contributed by atoms with E-state index in [4.69, 9.17) is 16.2 Å². The maximum Gasteiger partial charge on any atom is 0.259 e. The van der Waals surface area contributed by atoms with Gasteiger partial charge in [-0.15, -0.1) is 11.3 Å². The van der Waals surface area contributed by atoms with Crippen LogP contribution in [-0.4, -0.2) is 52.4 Å². The summed E-state index contributed by atoms with van der Waals surface area (Å²) in [6, 6.07) is 4.24. The van der Waals surface area contributed by atoms with Crippen LogP contribution in [0, 0.1) is 12.7 Å². The van der Waals surface area contributed by atoms with Crippen molar-refractivity contribution >= 4 is 44.9 Å². The number of nitrogens with two attached hydrogens (primary N) is 2. The van der Waals surface area contributed by atoms with E-state index in [9.17, 15) is 14.0 Å². The number of aromatic nitrogens is 2. The van der Waals surface area contributed by atoms with Gasteiger partial charge in [-0.05, 0) is 37.5 Å². The summed E-state index contributed by atoms with van der Waals surface area (Å²) in [6.07, 6.45) is 2.64. The van der Waals surface area contributed by atoms with Gasteiger partial charge in [0.05, 0.1) is 22.5 Å². The zero-order valence-electron chi connectivity index (χ0n) is 17.4. The number of ether oxygens (including phenoxy) is 1. The van der Waals surface area contributed by atoms with Crippen LogP contribution in [-0.2, 0) is 4.79 Å². The number of aryl methyl sites for hydroxylation is 1. The fourth-order valence-corrected chi connectivity index (χ4v) is 4.81. The number of carbonyl (C=O) groups excluding carboxylic acids is 2. The topological polar surface area (TPSA) is 136 Å². The summed E-state index contributed by atoms with van der Waals surface area (Å²) in [7, 11) is 0. The van der Waals surface area contributed by atoms with Gasteiger partial charge in [0.15, 0.2) is 0 Å². The van der Waals surface area contributed by atoms with Crippen molar-refractivity contribution < 1.29 is 18.7 Å². The van der Waals surface area contributed by atoms with Gasteiger partial charge in [0.2, 0.25) is 5.91 Å². The van der Waals surface area contributed by atoms with Gasteiger partial charge in [-0.3, -0.25) is 14.5 Å². The Morgan fingerprint density at radius 3 is 2.72 bits per heavy atom. The fraction of sp³-hybridized carbons (Fsp3) is 0.333. The average molecular weight is 459 g/mol. The van der Waals surface area contributed by atoms with Crippen LogP contribution < -0.4 is 21.5 Å². The lowest BCUT2D eigenvalue weighted by Crippen LogP contribution is -2.42. The van der Waals surface area contributed by atoms with Crippen molar-refractivity contribution in [2.24, 2.45) is 11.5 Å². The maximum atomic E-state index is 14.0. The van der Waals surface area contributed by atoms with E-state index in [1.54, 1.807) is 13.0 Å². The first-order valence-electron chi connectivity index (χ1n) is 10.1. The minimum absolute atomic E-state index is 0.128. The number of fused-ring (bicyclic) bond motifs is 1. The lowest BCUT2D eigenvalue weighted by molar-refractivity contribution is -0.119. The molecule has 2 aromatic heterocycles. The lowest BCUT2D eigenvalue weighted by Gasteiger charge is -2.31. The Morgan fingerprint density at radius 1 is 1.28 bits per heavy atom. The number of anilines is 2. The molecule has 2 amide bonds. The van der Waals surface area contributed by atoms with Crippen LogP contribution in [0.4, 0.5) is 15.9 Å². The molecule has 1 aromatic carbocycles.